The van der Waals surface area contributed by atoms with Gasteiger partial charge in [0.1, 0.15) is 5.76 Å². The van der Waals surface area contributed by atoms with Crippen LogP contribution in [-0.4, -0.2) is 21.7 Å². The molecule has 150 valence electrons. The maximum Gasteiger partial charge on any atom is 0.295 e. The number of rotatable bonds is 4. The van der Waals surface area contributed by atoms with E-state index >= 15 is 0 Å². The molecule has 5 heteroatoms. The van der Waals surface area contributed by atoms with E-state index in [1.807, 2.05) is 49.4 Å². The highest BCUT2D eigenvalue weighted by atomic mass is 35.5. The number of hydrogen-bond donors (Lipinski definition) is 1. The Hall–Kier alpha value is -3.37. The number of carbonyl (C=O) groups excluding carboxylic acids is 2. The Bertz CT molecular complexity index is 1120. The van der Waals surface area contributed by atoms with E-state index in [9.17, 15) is 14.7 Å². The fourth-order valence-corrected chi connectivity index (χ4v) is 3.81. The fraction of sp³-hybridized carbons (Fsp3) is 0.120. The van der Waals surface area contributed by atoms with Crippen LogP contribution < -0.4 is 0 Å². The molecular weight excluding hydrogens is 398 g/mol. The van der Waals surface area contributed by atoms with Gasteiger partial charge in [0.2, 0.25) is 0 Å². The Morgan fingerprint density at radius 2 is 1.57 bits per heavy atom. The number of aryl methyl sites for hydroxylation is 1. The minimum Gasteiger partial charge on any atom is -0.507 e. The highest BCUT2D eigenvalue weighted by Crippen LogP contribution is 2.40. The molecule has 4 nitrogen and oxygen atoms in total. The molecule has 0 radical (unpaired) electrons. The molecule has 0 aromatic heterocycles. The van der Waals surface area contributed by atoms with Gasteiger partial charge in [-0.1, -0.05) is 83.9 Å². The standard InChI is InChI=1S/C25H20ClNO3/c1-16-7-9-19(10-8-16)23(28)21-22(18-11-13-20(26)14-12-18)27(25(30)24(21)29)15-17-5-3-2-4-6-17/h2-14,22,28H,15H2,1H3. The first-order chi connectivity index (χ1) is 14.5. The van der Waals surface area contributed by atoms with E-state index in [0.29, 0.717) is 16.1 Å². The molecule has 1 aliphatic heterocycles. The minimum atomic E-state index is -0.705. The Kier molecular flexibility index (Phi) is 5.42. The number of amides is 1. The second-order valence-corrected chi connectivity index (χ2v) is 7.77. The van der Waals surface area contributed by atoms with Crippen LogP contribution in [0, 0.1) is 6.92 Å². The number of hydrogen-bond acceptors (Lipinski definition) is 3. The molecule has 1 unspecified atom stereocenters. The molecule has 3 aromatic carbocycles. The number of halogens is 1. The van der Waals surface area contributed by atoms with Crippen molar-refractivity contribution >= 4 is 29.1 Å². The van der Waals surface area contributed by atoms with Crippen molar-refractivity contribution in [3.8, 4) is 0 Å². The zero-order chi connectivity index (χ0) is 21.3. The predicted molar refractivity (Wildman–Crippen MR) is 117 cm³/mol. The molecule has 4 rings (SSSR count). The molecule has 1 saturated heterocycles. The summed E-state index contributed by atoms with van der Waals surface area (Å²) in [5, 5.41) is 11.6. The molecule has 30 heavy (non-hydrogen) atoms. The number of ketones is 1. The summed E-state index contributed by atoms with van der Waals surface area (Å²) in [6.07, 6.45) is 0. The summed E-state index contributed by atoms with van der Waals surface area (Å²) in [7, 11) is 0. The maximum absolute atomic E-state index is 13.0. The first kappa shape index (κ1) is 19.9. The Labute approximate surface area is 180 Å². The number of nitrogens with zero attached hydrogens (tertiary/aromatic N) is 1. The van der Waals surface area contributed by atoms with Gasteiger partial charge in [0.15, 0.2) is 0 Å². The first-order valence-electron chi connectivity index (χ1n) is 9.60. The van der Waals surface area contributed by atoms with Gasteiger partial charge >= 0.3 is 0 Å². The predicted octanol–water partition coefficient (Wildman–Crippen LogP) is 5.27. The van der Waals surface area contributed by atoms with Gasteiger partial charge in [-0.2, -0.15) is 0 Å². The lowest BCUT2D eigenvalue weighted by atomic mass is 9.95. The lowest BCUT2D eigenvalue weighted by Crippen LogP contribution is -2.29. The van der Waals surface area contributed by atoms with E-state index in [-0.39, 0.29) is 17.9 Å². The van der Waals surface area contributed by atoms with E-state index in [0.717, 1.165) is 11.1 Å². The third-order valence-corrected chi connectivity index (χ3v) is 5.50. The molecule has 1 N–H and O–H groups in total. The summed E-state index contributed by atoms with van der Waals surface area (Å²) in [5.74, 6) is -1.50. The van der Waals surface area contributed by atoms with Crippen LogP contribution in [0.3, 0.4) is 0 Å². The van der Waals surface area contributed by atoms with Crippen LogP contribution in [0.1, 0.15) is 28.3 Å². The SMILES string of the molecule is Cc1ccc(C(O)=C2C(=O)C(=O)N(Cc3ccccc3)C2c2ccc(Cl)cc2)cc1. The van der Waals surface area contributed by atoms with E-state index in [4.69, 9.17) is 11.6 Å². The quantitative estimate of drug-likeness (QED) is 0.357. The number of carbonyl (C=O) groups is 2. The van der Waals surface area contributed by atoms with Crippen molar-refractivity contribution in [2.45, 2.75) is 19.5 Å². The van der Waals surface area contributed by atoms with Gasteiger partial charge in [-0.25, -0.2) is 0 Å². The lowest BCUT2D eigenvalue weighted by Gasteiger charge is -2.25. The van der Waals surface area contributed by atoms with Gasteiger partial charge in [0.05, 0.1) is 11.6 Å². The molecule has 1 heterocycles. The third kappa shape index (κ3) is 3.74. The molecule has 1 amide bonds. The second-order valence-electron chi connectivity index (χ2n) is 7.33. The molecule has 0 spiro atoms. The number of aliphatic hydroxyl groups is 1. The van der Waals surface area contributed by atoms with Crippen LogP contribution in [0.2, 0.25) is 5.02 Å². The Morgan fingerprint density at radius 1 is 0.933 bits per heavy atom. The molecule has 1 aliphatic rings. The lowest BCUT2D eigenvalue weighted by molar-refractivity contribution is -0.140. The van der Waals surface area contributed by atoms with E-state index in [2.05, 4.69) is 0 Å². The summed E-state index contributed by atoms with van der Waals surface area (Å²) < 4.78 is 0. The van der Waals surface area contributed by atoms with Crippen molar-refractivity contribution in [3.63, 3.8) is 0 Å². The smallest absolute Gasteiger partial charge is 0.295 e. The zero-order valence-electron chi connectivity index (χ0n) is 16.4. The first-order valence-corrected chi connectivity index (χ1v) is 9.98. The molecule has 3 aromatic rings. The van der Waals surface area contributed by atoms with Crippen molar-refractivity contribution < 1.29 is 14.7 Å². The average molecular weight is 418 g/mol. The summed E-state index contributed by atoms with van der Waals surface area (Å²) in [4.78, 5) is 27.5. The van der Waals surface area contributed by atoms with Crippen LogP contribution >= 0.6 is 11.6 Å². The van der Waals surface area contributed by atoms with Crippen LogP contribution in [0.4, 0.5) is 0 Å². The van der Waals surface area contributed by atoms with Crippen molar-refractivity contribution in [2.24, 2.45) is 0 Å². The third-order valence-electron chi connectivity index (χ3n) is 5.25. The average Bonchev–Trinajstić information content (AvgIpc) is 3.00. The van der Waals surface area contributed by atoms with E-state index in [1.54, 1.807) is 36.4 Å². The summed E-state index contributed by atoms with van der Waals surface area (Å²) in [5.41, 5.74) is 3.22. The van der Waals surface area contributed by atoms with Crippen LogP contribution in [0.15, 0.2) is 84.4 Å². The number of likely N-dealkylation sites (tertiary alicyclic amines) is 1. The van der Waals surface area contributed by atoms with Crippen molar-refractivity contribution in [1.29, 1.82) is 0 Å². The molecule has 1 atom stereocenters. The largest absolute Gasteiger partial charge is 0.507 e. The molecular formula is C25H20ClNO3. The fourth-order valence-electron chi connectivity index (χ4n) is 3.68. The van der Waals surface area contributed by atoms with Gasteiger partial charge in [-0.15, -0.1) is 0 Å². The van der Waals surface area contributed by atoms with Gasteiger partial charge in [-0.3, -0.25) is 9.59 Å². The van der Waals surface area contributed by atoms with Crippen LogP contribution in [0.5, 0.6) is 0 Å². The minimum absolute atomic E-state index is 0.0853. The van der Waals surface area contributed by atoms with Gasteiger partial charge < -0.3 is 10.0 Å². The molecule has 0 aliphatic carbocycles. The van der Waals surface area contributed by atoms with Crippen molar-refractivity contribution in [1.82, 2.24) is 4.90 Å². The normalized spacial score (nSPS) is 18.1. The van der Waals surface area contributed by atoms with Gasteiger partial charge in [0, 0.05) is 17.1 Å². The van der Waals surface area contributed by atoms with Gasteiger partial charge in [-0.05, 0) is 30.2 Å². The second kappa shape index (κ2) is 8.17. The van der Waals surface area contributed by atoms with Crippen LogP contribution in [-0.2, 0) is 16.1 Å². The number of benzene rings is 3. The zero-order valence-corrected chi connectivity index (χ0v) is 17.1. The van der Waals surface area contributed by atoms with E-state index in [1.165, 1.54) is 4.90 Å². The van der Waals surface area contributed by atoms with Crippen molar-refractivity contribution in [2.75, 3.05) is 0 Å². The molecule has 1 fully saturated rings. The highest BCUT2D eigenvalue weighted by Gasteiger charge is 2.46. The molecule has 0 bridgehead atoms. The Balaban J connectivity index is 1.85. The monoisotopic (exact) mass is 417 g/mol. The molecule has 0 saturated carbocycles. The summed E-state index contributed by atoms with van der Waals surface area (Å²) in [6, 6.07) is 22.9. The summed E-state index contributed by atoms with van der Waals surface area (Å²) >= 11 is 6.04. The topological polar surface area (TPSA) is 57.6 Å². The number of aliphatic hydroxyl groups excluding tert-OH is 1. The Morgan fingerprint density at radius 3 is 2.20 bits per heavy atom. The van der Waals surface area contributed by atoms with Crippen LogP contribution in [0.25, 0.3) is 5.76 Å². The maximum atomic E-state index is 13.0. The number of Topliss-reactive ketones (excluding diaryl/α,β-unsaturated/α-hetero) is 1. The van der Waals surface area contributed by atoms with Gasteiger partial charge in [0.25, 0.3) is 11.7 Å². The summed E-state index contributed by atoms with van der Waals surface area (Å²) in [6.45, 7) is 2.19. The van der Waals surface area contributed by atoms with Crippen molar-refractivity contribution in [3.05, 3.63) is 112 Å². The van der Waals surface area contributed by atoms with E-state index < -0.39 is 17.7 Å². The highest BCUT2D eigenvalue weighted by molar-refractivity contribution is 6.46.